The summed E-state index contributed by atoms with van der Waals surface area (Å²) in [5.74, 6) is -0.109. The Balaban J connectivity index is 1.36. The first kappa shape index (κ1) is 17.4. The van der Waals surface area contributed by atoms with E-state index in [4.69, 9.17) is 0 Å². The lowest BCUT2D eigenvalue weighted by molar-refractivity contribution is 0.0954. The summed E-state index contributed by atoms with van der Waals surface area (Å²) in [6, 6.07) is 15.6. The first-order valence-corrected chi connectivity index (χ1v) is 9.49. The molecule has 4 rings (SSSR count). The number of benzene rings is 2. The Labute approximate surface area is 159 Å². The van der Waals surface area contributed by atoms with Gasteiger partial charge in [0.2, 0.25) is 0 Å². The molecule has 0 saturated carbocycles. The van der Waals surface area contributed by atoms with Gasteiger partial charge in [0, 0.05) is 49.7 Å². The monoisotopic (exact) mass is 364 g/mol. The second-order valence-electron chi connectivity index (χ2n) is 6.91. The van der Waals surface area contributed by atoms with E-state index in [1.54, 1.807) is 17.0 Å². The summed E-state index contributed by atoms with van der Waals surface area (Å²) in [6.45, 7) is 3.65. The highest BCUT2D eigenvalue weighted by Crippen LogP contribution is 2.26. The third-order valence-corrected chi connectivity index (χ3v) is 5.15. The van der Waals surface area contributed by atoms with Gasteiger partial charge in [-0.2, -0.15) is 0 Å². The van der Waals surface area contributed by atoms with Crippen LogP contribution in [0, 0.1) is 0 Å². The summed E-state index contributed by atoms with van der Waals surface area (Å²) >= 11 is 0. The predicted octanol–water partition coefficient (Wildman–Crippen LogP) is 2.40. The number of urea groups is 1. The van der Waals surface area contributed by atoms with Crippen LogP contribution in [0.15, 0.2) is 48.5 Å². The van der Waals surface area contributed by atoms with Gasteiger partial charge >= 0.3 is 6.03 Å². The minimum atomic E-state index is -0.115. The fourth-order valence-electron chi connectivity index (χ4n) is 3.78. The first-order valence-electron chi connectivity index (χ1n) is 9.49. The standard InChI is InChI=1S/C21H24N4O2/c26-20(17-6-3-8-18(15-17)25-14-11-23-21(25)27)22-10-13-24-12-4-7-16-5-1-2-9-19(16)24/h1-3,5-6,8-9,15H,4,7,10-14H2,(H,22,26)(H,23,27). The molecule has 0 unspecified atom stereocenters. The van der Waals surface area contributed by atoms with Crippen molar-refractivity contribution in [2.75, 3.05) is 42.5 Å². The molecule has 2 aromatic rings. The van der Waals surface area contributed by atoms with E-state index in [0.717, 1.165) is 31.6 Å². The highest BCUT2D eigenvalue weighted by atomic mass is 16.2. The summed E-state index contributed by atoms with van der Waals surface area (Å²) < 4.78 is 0. The molecule has 2 aliphatic rings. The van der Waals surface area contributed by atoms with E-state index in [2.05, 4.69) is 39.8 Å². The van der Waals surface area contributed by atoms with E-state index in [9.17, 15) is 9.59 Å². The Kier molecular flexibility index (Phi) is 4.96. The van der Waals surface area contributed by atoms with Crippen LogP contribution in [0.2, 0.25) is 0 Å². The zero-order valence-corrected chi connectivity index (χ0v) is 15.3. The molecule has 2 aromatic carbocycles. The van der Waals surface area contributed by atoms with Crippen LogP contribution in [-0.2, 0) is 6.42 Å². The molecule has 0 spiro atoms. The van der Waals surface area contributed by atoms with Crippen molar-refractivity contribution >= 4 is 23.3 Å². The third-order valence-electron chi connectivity index (χ3n) is 5.15. The van der Waals surface area contributed by atoms with Gasteiger partial charge < -0.3 is 15.5 Å². The van der Waals surface area contributed by atoms with Gasteiger partial charge in [-0.15, -0.1) is 0 Å². The van der Waals surface area contributed by atoms with Crippen LogP contribution in [-0.4, -0.2) is 44.7 Å². The highest BCUT2D eigenvalue weighted by Gasteiger charge is 2.22. The fraction of sp³-hybridized carbons (Fsp3) is 0.333. The molecular formula is C21H24N4O2. The van der Waals surface area contributed by atoms with Gasteiger partial charge in [-0.05, 0) is 42.7 Å². The third kappa shape index (κ3) is 3.74. The van der Waals surface area contributed by atoms with Crippen molar-refractivity contribution < 1.29 is 9.59 Å². The van der Waals surface area contributed by atoms with Gasteiger partial charge in [0.05, 0.1) is 0 Å². The van der Waals surface area contributed by atoms with Crippen molar-refractivity contribution in [1.82, 2.24) is 10.6 Å². The van der Waals surface area contributed by atoms with Crippen molar-refractivity contribution in [2.45, 2.75) is 12.8 Å². The number of carbonyl (C=O) groups excluding carboxylic acids is 2. The van der Waals surface area contributed by atoms with Gasteiger partial charge in [0.25, 0.3) is 5.91 Å². The molecule has 140 valence electrons. The van der Waals surface area contributed by atoms with Crippen molar-refractivity contribution in [2.24, 2.45) is 0 Å². The maximum atomic E-state index is 12.5. The van der Waals surface area contributed by atoms with Gasteiger partial charge in [0.15, 0.2) is 0 Å². The van der Waals surface area contributed by atoms with Crippen molar-refractivity contribution in [3.8, 4) is 0 Å². The summed E-state index contributed by atoms with van der Waals surface area (Å²) in [5, 5.41) is 5.78. The van der Waals surface area contributed by atoms with E-state index in [1.807, 2.05) is 12.1 Å². The number of para-hydroxylation sites is 1. The molecule has 6 heteroatoms. The molecule has 2 heterocycles. The van der Waals surface area contributed by atoms with Gasteiger partial charge in [-0.1, -0.05) is 24.3 Å². The molecule has 0 aromatic heterocycles. The molecule has 3 amide bonds. The SMILES string of the molecule is O=C(NCCN1CCCc2ccccc21)c1cccc(N2CCNC2=O)c1. The second kappa shape index (κ2) is 7.70. The number of amides is 3. The Morgan fingerprint density at radius 3 is 2.85 bits per heavy atom. The summed E-state index contributed by atoms with van der Waals surface area (Å²) in [5.41, 5.74) is 3.99. The number of hydrogen-bond acceptors (Lipinski definition) is 3. The molecule has 1 saturated heterocycles. The zero-order valence-electron chi connectivity index (χ0n) is 15.3. The smallest absolute Gasteiger partial charge is 0.321 e. The van der Waals surface area contributed by atoms with Gasteiger partial charge in [-0.25, -0.2) is 4.79 Å². The molecule has 6 nitrogen and oxygen atoms in total. The molecule has 2 N–H and O–H groups in total. The average Bonchev–Trinajstić information content (AvgIpc) is 3.14. The number of rotatable bonds is 5. The van der Waals surface area contributed by atoms with Crippen LogP contribution in [0.3, 0.4) is 0 Å². The van der Waals surface area contributed by atoms with Crippen LogP contribution in [0.5, 0.6) is 0 Å². The van der Waals surface area contributed by atoms with Gasteiger partial charge in [-0.3, -0.25) is 9.69 Å². The quantitative estimate of drug-likeness (QED) is 0.856. The molecule has 0 radical (unpaired) electrons. The van der Waals surface area contributed by atoms with E-state index in [-0.39, 0.29) is 11.9 Å². The topological polar surface area (TPSA) is 64.7 Å². The van der Waals surface area contributed by atoms with Crippen LogP contribution < -0.4 is 20.4 Å². The summed E-state index contributed by atoms with van der Waals surface area (Å²) in [4.78, 5) is 28.3. The molecule has 0 aliphatic carbocycles. The normalized spacial score (nSPS) is 16.1. The maximum absolute atomic E-state index is 12.5. The van der Waals surface area contributed by atoms with E-state index < -0.39 is 0 Å². The number of hydrogen-bond donors (Lipinski definition) is 2. The molecule has 27 heavy (non-hydrogen) atoms. The molecule has 1 fully saturated rings. The maximum Gasteiger partial charge on any atom is 0.321 e. The van der Waals surface area contributed by atoms with E-state index >= 15 is 0 Å². The molecule has 0 bridgehead atoms. The zero-order chi connectivity index (χ0) is 18.6. The number of aryl methyl sites for hydroxylation is 1. The first-order chi connectivity index (χ1) is 13.2. The number of carbonyl (C=O) groups is 2. The van der Waals surface area contributed by atoms with E-state index in [1.165, 1.54) is 11.3 Å². The van der Waals surface area contributed by atoms with Crippen molar-refractivity contribution in [3.63, 3.8) is 0 Å². The van der Waals surface area contributed by atoms with E-state index in [0.29, 0.717) is 25.2 Å². The molecule has 2 aliphatic heterocycles. The van der Waals surface area contributed by atoms with Crippen LogP contribution in [0.1, 0.15) is 22.3 Å². The Hall–Kier alpha value is -3.02. The minimum Gasteiger partial charge on any atom is -0.370 e. The van der Waals surface area contributed by atoms with Crippen LogP contribution in [0.25, 0.3) is 0 Å². The highest BCUT2D eigenvalue weighted by molar-refractivity contribution is 5.98. The Morgan fingerprint density at radius 2 is 2.00 bits per heavy atom. The Bertz CT molecular complexity index is 852. The number of nitrogens with zero attached hydrogens (tertiary/aromatic N) is 2. The largest absolute Gasteiger partial charge is 0.370 e. The lowest BCUT2D eigenvalue weighted by Gasteiger charge is -2.31. The predicted molar refractivity (Wildman–Crippen MR) is 106 cm³/mol. The van der Waals surface area contributed by atoms with Crippen molar-refractivity contribution in [1.29, 1.82) is 0 Å². The minimum absolute atomic E-state index is 0.109. The summed E-state index contributed by atoms with van der Waals surface area (Å²) in [7, 11) is 0. The lowest BCUT2D eigenvalue weighted by Crippen LogP contribution is -2.37. The molecule has 0 atom stereocenters. The number of nitrogens with one attached hydrogen (secondary N) is 2. The number of fused-ring (bicyclic) bond motifs is 1. The van der Waals surface area contributed by atoms with Crippen LogP contribution in [0.4, 0.5) is 16.2 Å². The van der Waals surface area contributed by atoms with Crippen LogP contribution >= 0.6 is 0 Å². The molecular weight excluding hydrogens is 340 g/mol. The van der Waals surface area contributed by atoms with Gasteiger partial charge in [0.1, 0.15) is 0 Å². The number of anilines is 2. The average molecular weight is 364 g/mol. The summed E-state index contributed by atoms with van der Waals surface area (Å²) in [6.07, 6.45) is 2.26. The second-order valence-corrected chi connectivity index (χ2v) is 6.91. The Morgan fingerprint density at radius 1 is 1.11 bits per heavy atom. The lowest BCUT2D eigenvalue weighted by atomic mass is 10.0. The van der Waals surface area contributed by atoms with Crippen molar-refractivity contribution in [3.05, 3.63) is 59.7 Å². The fourth-order valence-corrected chi connectivity index (χ4v) is 3.78.